The van der Waals surface area contributed by atoms with Crippen molar-refractivity contribution in [1.29, 1.82) is 0 Å². The van der Waals surface area contributed by atoms with Crippen molar-refractivity contribution in [1.82, 2.24) is 0 Å². The molecule has 0 fully saturated rings. The molecule has 2 N–H and O–H groups in total. The summed E-state index contributed by atoms with van der Waals surface area (Å²) in [4.78, 5) is 38.4. The van der Waals surface area contributed by atoms with Crippen LogP contribution in [0.15, 0.2) is 109 Å². The highest BCUT2D eigenvalue weighted by atomic mass is 16.2. The summed E-state index contributed by atoms with van der Waals surface area (Å²) in [6.07, 6.45) is 0.373. The molecule has 0 radical (unpaired) electrons. The molecule has 5 heteroatoms. The number of anilines is 2. The molecule has 34 heavy (non-hydrogen) atoms. The molecule has 0 saturated heterocycles. The number of carbonyl (C=O) groups is 3. The average Bonchev–Trinajstić information content (AvgIpc) is 2.86. The first kappa shape index (κ1) is 22.7. The van der Waals surface area contributed by atoms with E-state index in [9.17, 15) is 14.4 Å². The van der Waals surface area contributed by atoms with Crippen molar-refractivity contribution in [3.8, 4) is 0 Å². The summed E-state index contributed by atoms with van der Waals surface area (Å²) >= 11 is 0. The zero-order valence-electron chi connectivity index (χ0n) is 18.5. The third kappa shape index (κ3) is 6.04. The molecule has 0 aliphatic heterocycles. The van der Waals surface area contributed by atoms with Crippen LogP contribution in [-0.2, 0) is 22.4 Å². The SMILES string of the molecule is O=C(Cc1ccccc1)Nc1ccc(C(=O)c2ccccc2)cc1NC(=O)Cc1ccccc1. The van der Waals surface area contributed by atoms with Crippen LogP contribution in [0, 0.1) is 0 Å². The van der Waals surface area contributed by atoms with Gasteiger partial charge in [-0.15, -0.1) is 0 Å². The van der Waals surface area contributed by atoms with Crippen LogP contribution < -0.4 is 10.6 Å². The summed E-state index contributed by atoms with van der Waals surface area (Å²) in [5.74, 6) is -0.623. The van der Waals surface area contributed by atoms with Gasteiger partial charge in [0, 0.05) is 11.1 Å². The minimum absolute atomic E-state index is 0.165. The van der Waals surface area contributed by atoms with E-state index in [0.717, 1.165) is 11.1 Å². The summed E-state index contributed by atoms with van der Waals surface area (Å²) < 4.78 is 0. The normalized spacial score (nSPS) is 10.4. The number of rotatable bonds is 8. The molecular formula is C29H24N2O3. The number of benzene rings is 4. The Bertz CT molecular complexity index is 1290. The lowest BCUT2D eigenvalue weighted by atomic mass is 10.0. The maximum absolute atomic E-state index is 12.9. The highest BCUT2D eigenvalue weighted by Crippen LogP contribution is 2.25. The molecule has 2 amide bonds. The molecule has 0 aliphatic rings. The molecule has 4 aromatic rings. The Morgan fingerprint density at radius 2 is 0.971 bits per heavy atom. The van der Waals surface area contributed by atoms with E-state index in [4.69, 9.17) is 0 Å². The Labute approximate surface area is 198 Å². The Morgan fingerprint density at radius 1 is 0.500 bits per heavy atom. The Hall–Kier alpha value is -4.51. The molecule has 0 unspecified atom stereocenters. The van der Waals surface area contributed by atoms with Gasteiger partial charge >= 0.3 is 0 Å². The van der Waals surface area contributed by atoms with Gasteiger partial charge in [0.15, 0.2) is 5.78 Å². The number of hydrogen-bond acceptors (Lipinski definition) is 3. The van der Waals surface area contributed by atoms with Crippen LogP contribution in [0.3, 0.4) is 0 Å². The van der Waals surface area contributed by atoms with Gasteiger partial charge in [-0.25, -0.2) is 0 Å². The quantitative estimate of drug-likeness (QED) is 0.360. The van der Waals surface area contributed by atoms with Crippen LogP contribution in [0.25, 0.3) is 0 Å². The average molecular weight is 449 g/mol. The van der Waals surface area contributed by atoms with Gasteiger partial charge in [-0.05, 0) is 29.3 Å². The fourth-order valence-electron chi connectivity index (χ4n) is 3.61. The Balaban J connectivity index is 1.58. The Kier molecular flexibility index (Phi) is 7.25. The molecule has 4 rings (SSSR count). The zero-order valence-corrected chi connectivity index (χ0v) is 18.5. The van der Waals surface area contributed by atoms with Gasteiger partial charge in [-0.2, -0.15) is 0 Å². The maximum Gasteiger partial charge on any atom is 0.228 e. The topological polar surface area (TPSA) is 75.3 Å². The molecule has 4 aromatic carbocycles. The minimum Gasteiger partial charge on any atom is -0.324 e. The minimum atomic E-state index is -0.242. The van der Waals surface area contributed by atoms with Gasteiger partial charge in [-0.3, -0.25) is 14.4 Å². The number of nitrogens with one attached hydrogen (secondary N) is 2. The third-order valence-corrected chi connectivity index (χ3v) is 5.28. The van der Waals surface area contributed by atoms with Crippen LogP contribution in [0.2, 0.25) is 0 Å². The fraction of sp³-hybridized carbons (Fsp3) is 0.0690. The van der Waals surface area contributed by atoms with Gasteiger partial charge in [0.2, 0.25) is 11.8 Å². The summed E-state index contributed by atoms with van der Waals surface area (Å²) in [5, 5.41) is 5.74. The zero-order chi connectivity index (χ0) is 23.8. The van der Waals surface area contributed by atoms with Crippen LogP contribution in [0.5, 0.6) is 0 Å². The van der Waals surface area contributed by atoms with Crippen molar-refractivity contribution in [3.05, 3.63) is 131 Å². The highest BCUT2D eigenvalue weighted by molar-refractivity contribution is 6.11. The number of amides is 2. The lowest BCUT2D eigenvalue weighted by Crippen LogP contribution is -2.19. The molecule has 0 bridgehead atoms. The number of ketones is 1. The van der Waals surface area contributed by atoms with E-state index in [-0.39, 0.29) is 30.4 Å². The van der Waals surface area contributed by atoms with Crippen LogP contribution in [0.4, 0.5) is 11.4 Å². The van der Waals surface area contributed by atoms with Crippen LogP contribution >= 0.6 is 0 Å². The van der Waals surface area contributed by atoms with E-state index in [0.29, 0.717) is 22.5 Å². The largest absolute Gasteiger partial charge is 0.324 e. The fourth-order valence-corrected chi connectivity index (χ4v) is 3.61. The summed E-state index contributed by atoms with van der Waals surface area (Å²) in [6.45, 7) is 0. The van der Waals surface area contributed by atoms with E-state index in [2.05, 4.69) is 10.6 Å². The second-order valence-electron chi connectivity index (χ2n) is 7.88. The lowest BCUT2D eigenvalue weighted by Gasteiger charge is -2.14. The first-order valence-electron chi connectivity index (χ1n) is 11.0. The van der Waals surface area contributed by atoms with Crippen LogP contribution in [-0.4, -0.2) is 17.6 Å². The van der Waals surface area contributed by atoms with Gasteiger partial charge in [0.05, 0.1) is 24.2 Å². The first-order chi connectivity index (χ1) is 16.6. The van der Waals surface area contributed by atoms with Crippen molar-refractivity contribution in [2.24, 2.45) is 0 Å². The van der Waals surface area contributed by atoms with Gasteiger partial charge in [-0.1, -0.05) is 91.0 Å². The van der Waals surface area contributed by atoms with Crippen LogP contribution in [0.1, 0.15) is 27.0 Å². The molecule has 0 heterocycles. The Morgan fingerprint density at radius 3 is 1.50 bits per heavy atom. The molecule has 0 spiro atoms. The summed E-state index contributed by atoms with van der Waals surface area (Å²) in [6, 6.07) is 32.6. The van der Waals surface area contributed by atoms with E-state index in [1.807, 2.05) is 66.7 Å². The highest BCUT2D eigenvalue weighted by Gasteiger charge is 2.15. The predicted molar refractivity (Wildman–Crippen MR) is 134 cm³/mol. The van der Waals surface area contributed by atoms with E-state index in [1.165, 1.54) is 0 Å². The first-order valence-corrected chi connectivity index (χ1v) is 11.0. The molecule has 0 atom stereocenters. The van der Waals surface area contributed by atoms with E-state index in [1.54, 1.807) is 42.5 Å². The summed E-state index contributed by atoms with van der Waals surface area (Å²) in [7, 11) is 0. The van der Waals surface area contributed by atoms with Crippen molar-refractivity contribution >= 4 is 29.0 Å². The molecule has 0 aliphatic carbocycles. The summed E-state index contributed by atoms with van der Waals surface area (Å²) in [5.41, 5.74) is 3.53. The predicted octanol–water partition coefficient (Wildman–Crippen LogP) is 5.28. The van der Waals surface area contributed by atoms with Gasteiger partial charge in [0.1, 0.15) is 0 Å². The third-order valence-electron chi connectivity index (χ3n) is 5.28. The molecule has 0 aromatic heterocycles. The van der Waals surface area contributed by atoms with Gasteiger partial charge in [0.25, 0.3) is 0 Å². The van der Waals surface area contributed by atoms with Crippen molar-refractivity contribution in [2.45, 2.75) is 12.8 Å². The molecule has 0 saturated carbocycles. The standard InChI is InChI=1S/C29H24N2O3/c32-27(18-21-10-4-1-5-11-21)30-25-17-16-24(29(34)23-14-8-3-9-15-23)20-26(25)31-28(33)19-22-12-6-2-7-13-22/h1-17,20H,18-19H2,(H,30,32)(H,31,33). The molecule has 168 valence electrons. The van der Waals surface area contributed by atoms with Crippen molar-refractivity contribution in [2.75, 3.05) is 10.6 Å². The monoisotopic (exact) mass is 448 g/mol. The van der Waals surface area contributed by atoms with E-state index >= 15 is 0 Å². The van der Waals surface area contributed by atoms with E-state index < -0.39 is 0 Å². The van der Waals surface area contributed by atoms with Gasteiger partial charge < -0.3 is 10.6 Å². The number of hydrogen-bond donors (Lipinski definition) is 2. The second-order valence-corrected chi connectivity index (χ2v) is 7.88. The van der Waals surface area contributed by atoms with Crippen molar-refractivity contribution < 1.29 is 14.4 Å². The maximum atomic E-state index is 12.9. The molecular weight excluding hydrogens is 424 g/mol. The lowest BCUT2D eigenvalue weighted by molar-refractivity contribution is -0.116. The smallest absolute Gasteiger partial charge is 0.228 e. The molecule has 5 nitrogen and oxygen atoms in total. The number of carbonyl (C=O) groups excluding carboxylic acids is 3. The second kappa shape index (κ2) is 10.9. The van der Waals surface area contributed by atoms with Crippen molar-refractivity contribution in [3.63, 3.8) is 0 Å².